The van der Waals surface area contributed by atoms with E-state index in [-0.39, 0.29) is 10.2 Å². The maximum Gasteiger partial charge on any atom is 0.323 e. The average molecular weight is 402 g/mol. The molecule has 1 saturated heterocycles. The summed E-state index contributed by atoms with van der Waals surface area (Å²) in [7, 11) is 0. The van der Waals surface area contributed by atoms with Gasteiger partial charge in [-0.1, -0.05) is 67.7 Å². The van der Waals surface area contributed by atoms with Crippen LogP contribution in [0.1, 0.15) is 25.3 Å². The Hall–Kier alpha value is -2.38. The number of aliphatic carboxylic acids is 1. The van der Waals surface area contributed by atoms with Crippen molar-refractivity contribution in [2.75, 3.05) is 13.2 Å². The number of rotatable bonds is 7. The molecule has 1 fully saturated rings. The molecule has 0 atom stereocenters. The predicted molar refractivity (Wildman–Crippen MR) is 112 cm³/mol. The van der Waals surface area contributed by atoms with E-state index in [4.69, 9.17) is 22.1 Å². The van der Waals surface area contributed by atoms with Gasteiger partial charge in [-0.05, 0) is 29.3 Å². The lowest BCUT2D eigenvalue weighted by Crippen LogP contribution is -2.33. The number of benzene rings is 2. The van der Waals surface area contributed by atoms with Crippen LogP contribution in [0.4, 0.5) is 0 Å². The van der Waals surface area contributed by atoms with Gasteiger partial charge in [0, 0.05) is 5.56 Å². The van der Waals surface area contributed by atoms with E-state index in [0.717, 1.165) is 45.8 Å². The summed E-state index contributed by atoms with van der Waals surface area (Å²) in [4.78, 5) is 25.1. The SMILES string of the molecule is CCCCOc1ccc2ccccc2c1/C=C1/SC(=S)N(CC(=O)O)C1=O. The number of carboxylic acid groups (broad SMARTS) is 1. The Morgan fingerprint density at radius 1 is 1.30 bits per heavy atom. The van der Waals surface area contributed by atoms with E-state index in [1.807, 2.05) is 36.4 Å². The molecule has 1 amide bonds. The molecule has 0 aromatic heterocycles. The zero-order valence-electron chi connectivity index (χ0n) is 14.8. The van der Waals surface area contributed by atoms with Gasteiger partial charge in [0.05, 0.1) is 11.5 Å². The third-order valence-electron chi connectivity index (χ3n) is 4.13. The number of nitrogens with zero attached hydrogens (tertiary/aromatic N) is 1. The van der Waals surface area contributed by atoms with Crippen LogP contribution in [0.5, 0.6) is 5.75 Å². The predicted octanol–water partition coefficient (Wildman–Crippen LogP) is 4.30. The van der Waals surface area contributed by atoms with Crippen LogP contribution in [0.3, 0.4) is 0 Å². The Morgan fingerprint density at radius 3 is 2.81 bits per heavy atom. The van der Waals surface area contributed by atoms with E-state index >= 15 is 0 Å². The fraction of sp³-hybridized carbons (Fsp3) is 0.250. The van der Waals surface area contributed by atoms with E-state index in [0.29, 0.717) is 17.3 Å². The molecule has 5 nitrogen and oxygen atoms in total. The van der Waals surface area contributed by atoms with Crippen molar-refractivity contribution >= 4 is 57.0 Å². The maximum atomic E-state index is 12.6. The Morgan fingerprint density at radius 2 is 2.07 bits per heavy atom. The van der Waals surface area contributed by atoms with Crippen molar-refractivity contribution in [3.63, 3.8) is 0 Å². The number of carboxylic acids is 1. The molecule has 2 aromatic carbocycles. The molecule has 0 unspecified atom stereocenters. The second kappa shape index (κ2) is 8.54. The highest BCUT2D eigenvalue weighted by Gasteiger charge is 2.33. The number of thiocarbonyl (C=S) groups is 1. The first kappa shape index (κ1) is 19.4. The fourth-order valence-corrected chi connectivity index (χ4v) is 4.02. The first-order valence-electron chi connectivity index (χ1n) is 8.63. The second-order valence-electron chi connectivity index (χ2n) is 6.06. The summed E-state index contributed by atoms with van der Waals surface area (Å²) >= 11 is 6.29. The summed E-state index contributed by atoms with van der Waals surface area (Å²) in [5, 5.41) is 11.0. The number of ether oxygens (including phenoxy) is 1. The van der Waals surface area contributed by atoms with E-state index in [1.54, 1.807) is 6.08 Å². The van der Waals surface area contributed by atoms with Crippen LogP contribution < -0.4 is 4.74 Å². The van der Waals surface area contributed by atoms with Crippen molar-refractivity contribution in [3.05, 3.63) is 46.9 Å². The molecule has 7 heteroatoms. The number of carbonyl (C=O) groups is 2. The van der Waals surface area contributed by atoms with Crippen molar-refractivity contribution in [2.45, 2.75) is 19.8 Å². The normalized spacial score (nSPS) is 15.7. The largest absolute Gasteiger partial charge is 0.493 e. The number of hydrogen-bond donors (Lipinski definition) is 1. The number of unbranched alkanes of at least 4 members (excludes halogenated alkanes) is 1. The van der Waals surface area contributed by atoms with Crippen molar-refractivity contribution < 1.29 is 19.4 Å². The fourth-order valence-electron chi connectivity index (χ4n) is 2.78. The summed E-state index contributed by atoms with van der Waals surface area (Å²) in [5.74, 6) is -0.785. The first-order chi connectivity index (χ1) is 13.0. The van der Waals surface area contributed by atoms with Crippen LogP contribution in [0.2, 0.25) is 0 Å². The third-order valence-corrected chi connectivity index (χ3v) is 5.51. The molecule has 3 rings (SSSR count). The smallest absolute Gasteiger partial charge is 0.323 e. The van der Waals surface area contributed by atoms with Crippen molar-refractivity contribution in [1.29, 1.82) is 0 Å². The van der Waals surface area contributed by atoms with Crippen LogP contribution in [0.25, 0.3) is 16.8 Å². The summed E-state index contributed by atoms with van der Waals surface area (Å²) in [6, 6.07) is 11.8. The molecule has 0 aliphatic carbocycles. The van der Waals surface area contributed by atoms with Crippen LogP contribution >= 0.6 is 24.0 Å². The van der Waals surface area contributed by atoms with Gasteiger partial charge in [0.15, 0.2) is 0 Å². The number of carbonyl (C=O) groups excluding carboxylic acids is 1. The zero-order valence-corrected chi connectivity index (χ0v) is 16.4. The minimum Gasteiger partial charge on any atom is -0.493 e. The number of fused-ring (bicyclic) bond motifs is 1. The summed E-state index contributed by atoms with van der Waals surface area (Å²) in [5.41, 5.74) is 0.806. The third kappa shape index (κ3) is 4.31. The van der Waals surface area contributed by atoms with Gasteiger partial charge in [-0.15, -0.1) is 0 Å². The van der Waals surface area contributed by atoms with Gasteiger partial charge in [0.1, 0.15) is 16.6 Å². The summed E-state index contributed by atoms with van der Waals surface area (Å²) in [6.07, 6.45) is 3.72. The Labute approximate surface area is 167 Å². The van der Waals surface area contributed by atoms with E-state index in [9.17, 15) is 9.59 Å². The first-order valence-corrected chi connectivity index (χ1v) is 9.85. The maximum absolute atomic E-state index is 12.6. The molecular formula is C20H19NO4S2. The Kier molecular flexibility index (Phi) is 6.13. The minimum absolute atomic E-state index is 0.252. The standard InChI is InChI=1S/C20H19NO4S2/c1-2-3-10-25-16-9-8-13-6-4-5-7-14(13)15(16)11-17-19(24)21(12-18(22)23)20(26)27-17/h4-9,11H,2-3,10,12H2,1H3,(H,22,23)/b17-11+. The molecule has 0 saturated carbocycles. The van der Waals surface area contributed by atoms with Crippen LogP contribution in [0.15, 0.2) is 41.3 Å². The molecule has 0 radical (unpaired) electrons. The zero-order chi connectivity index (χ0) is 19.4. The Balaban J connectivity index is 2.03. The molecule has 0 bridgehead atoms. The van der Waals surface area contributed by atoms with Crippen LogP contribution in [-0.4, -0.2) is 39.4 Å². The molecule has 2 aromatic rings. The molecule has 1 aliphatic rings. The monoisotopic (exact) mass is 401 g/mol. The lowest BCUT2D eigenvalue weighted by Gasteiger charge is -2.12. The van der Waals surface area contributed by atoms with E-state index < -0.39 is 12.5 Å². The van der Waals surface area contributed by atoms with Crippen molar-refractivity contribution in [1.82, 2.24) is 4.90 Å². The highest BCUT2D eigenvalue weighted by Crippen LogP contribution is 2.37. The average Bonchev–Trinajstić information content (AvgIpc) is 2.90. The van der Waals surface area contributed by atoms with Gasteiger partial charge in [0.25, 0.3) is 5.91 Å². The van der Waals surface area contributed by atoms with Gasteiger partial charge in [-0.3, -0.25) is 14.5 Å². The van der Waals surface area contributed by atoms with Gasteiger partial charge < -0.3 is 9.84 Å². The number of amides is 1. The van der Waals surface area contributed by atoms with Crippen molar-refractivity contribution in [2.24, 2.45) is 0 Å². The lowest BCUT2D eigenvalue weighted by molar-refractivity contribution is -0.140. The van der Waals surface area contributed by atoms with Gasteiger partial charge in [0.2, 0.25) is 0 Å². The molecule has 1 N–H and O–H groups in total. The summed E-state index contributed by atoms with van der Waals surface area (Å²) < 4.78 is 6.20. The molecule has 1 heterocycles. The van der Waals surface area contributed by atoms with Crippen LogP contribution in [-0.2, 0) is 9.59 Å². The molecular weight excluding hydrogens is 382 g/mol. The van der Waals surface area contributed by atoms with E-state index in [1.165, 1.54) is 0 Å². The summed E-state index contributed by atoms with van der Waals surface area (Å²) in [6.45, 7) is 2.26. The Bertz CT molecular complexity index is 939. The van der Waals surface area contributed by atoms with E-state index in [2.05, 4.69) is 6.92 Å². The topological polar surface area (TPSA) is 66.8 Å². The van der Waals surface area contributed by atoms with Gasteiger partial charge in [-0.2, -0.15) is 0 Å². The number of hydrogen-bond acceptors (Lipinski definition) is 5. The molecule has 27 heavy (non-hydrogen) atoms. The molecule has 1 aliphatic heterocycles. The van der Waals surface area contributed by atoms with Gasteiger partial charge >= 0.3 is 5.97 Å². The van der Waals surface area contributed by atoms with Gasteiger partial charge in [-0.25, -0.2) is 0 Å². The van der Waals surface area contributed by atoms with Crippen molar-refractivity contribution in [3.8, 4) is 5.75 Å². The second-order valence-corrected chi connectivity index (χ2v) is 7.74. The number of thioether (sulfide) groups is 1. The molecule has 0 spiro atoms. The quantitative estimate of drug-likeness (QED) is 0.424. The highest BCUT2D eigenvalue weighted by atomic mass is 32.2. The minimum atomic E-state index is -1.10. The highest BCUT2D eigenvalue weighted by molar-refractivity contribution is 8.26. The van der Waals surface area contributed by atoms with Crippen LogP contribution in [0, 0.1) is 0 Å². The molecule has 140 valence electrons. The lowest BCUT2D eigenvalue weighted by atomic mass is 10.0.